The number of sulfone groups is 1. The van der Waals surface area contributed by atoms with Gasteiger partial charge < -0.3 is 10.5 Å². The van der Waals surface area contributed by atoms with Gasteiger partial charge in [0.15, 0.2) is 9.84 Å². The van der Waals surface area contributed by atoms with E-state index in [4.69, 9.17) is 10.5 Å². The minimum atomic E-state index is -3.20. The van der Waals surface area contributed by atoms with E-state index in [2.05, 4.69) is 0 Å². The van der Waals surface area contributed by atoms with Crippen molar-refractivity contribution in [2.45, 2.75) is 24.8 Å². The van der Waals surface area contributed by atoms with E-state index in [1.807, 2.05) is 0 Å². The molecule has 0 bridgehead atoms. The summed E-state index contributed by atoms with van der Waals surface area (Å²) in [4.78, 5) is 10.8. The molecular weight excluding hydrogens is 242 g/mol. The van der Waals surface area contributed by atoms with E-state index in [1.165, 1.54) is 12.1 Å². The summed E-state index contributed by atoms with van der Waals surface area (Å²) in [5.74, 6) is 0.0552. The van der Waals surface area contributed by atoms with Crippen LogP contribution in [0.3, 0.4) is 0 Å². The lowest BCUT2D eigenvalue weighted by atomic mass is 10.1. The first-order chi connectivity index (χ1) is 7.86. The Balaban J connectivity index is 2.92. The first-order valence-corrected chi connectivity index (χ1v) is 6.81. The molecule has 94 valence electrons. The summed E-state index contributed by atoms with van der Waals surface area (Å²) in [5.41, 5.74) is 5.59. The summed E-state index contributed by atoms with van der Waals surface area (Å²) in [6, 6.07) is 6.20. The van der Waals surface area contributed by atoms with Crippen molar-refractivity contribution in [2.24, 2.45) is 5.73 Å². The van der Waals surface area contributed by atoms with Gasteiger partial charge in [0.2, 0.25) is 0 Å². The molecule has 1 unspecified atom stereocenters. The number of nitrogens with two attached hydrogens (primary N) is 1. The van der Waals surface area contributed by atoms with Gasteiger partial charge in [-0.2, -0.15) is 0 Å². The minimum Gasteiger partial charge on any atom is -0.442 e. The van der Waals surface area contributed by atoms with Crippen LogP contribution in [0, 0.1) is 0 Å². The molecule has 0 saturated carbocycles. The second kappa shape index (κ2) is 5.18. The van der Waals surface area contributed by atoms with Crippen LogP contribution in [0.4, 0.5) is 4.79 Å². The first kappa shape index (κ1) is 13.5. The maximum Gasteiger partial charge on any atom is 0.405 e. The van der Waals surface area contributed by atoms with Crippen molar-refractivity contribution in [2.75, 3.05) is 5.75 Å². The zero-order valence-corrected chi connectivity index (χ0v) is 10.5. The molecule has 6 heteroatoms. The van der Waals surface area contributed by atoms with E-state index in [-0.39, 0.29) is 10.6 Å². The average molecular weight is 257 g/mol. The largest absolute Gasteiger partial charge is 0.442 e. The van der Waals surface area contributed by atoms with Crippen LogP contribution in [0.1, 0.15) is 25.5 Å². The molecule has 0 saturated heterocycles. The summed E-state index contributed by atoms with van der Waals surface area (Å²) < 4.78 is 27.9. The van der Waals surface area contributed by atoms with E-state index in [0.717, 1.165) is 0 Å². The number of carbonyl (C=O) groups is 1. The van der Waals surface area contributed by atoms with Gasteiger partial charge in [-0.25, -0.2) is 13.2 Å². The molecule has 17 heavy (non-hydrogen) atoms. The summed E-state index contributed by atoms with van der Waals surface area (Å²) in [6.45, 7) is 3.25. The molecule has 0 aliphatic carbocycles. The van der Waals surface area contributed by atoms with Gasteiger partial charge in [-0.05, 0) is 24.6 Å². The average Bonchev–Trinajstić information content (AvgIpc) is 2.28. The van der Waals surface area contributed by atoms with Crippen LogP contribution in [-0.4, -0.2) is 20.3 Å². The molecule has 1 aromatic carbocycles. The van der Waals surface area contributed by atoms with Gasteiger partial charge in [-0.15, -0.1) is 0 Å². The fourth-order valence-corrected chi connectivity index (χ4v) is 2.24. The maximum absolute atomic E-state index is 11.6. The Bertz CT molecular complexity index is 493. The van der Waals surface area contributed by atoms with Crippen LogP contribution in [0.2, 0.25) is 0 Å². The highest BCUT2D eigenvalue weighted by atomic mass is 32.2. The number of amides is 1. The highest BCUT2D eigenvalue weighted by molar-refractivity contribution is 7.91. The number of carbonyl (C=O) groups excluding carboxylic acids is 1. The zero-order valence-electron chi connectivity index (χ0n) is 9.71. The Labute approximate surface area is 100 Å². The summed E-state index contributed by atoms with van der Waals surface area (Å²) >= 11 is 0. The molecule has 0 heterocycles. The summed E-state index contributed by atoms with van der Waals surface area (Å²) in [5, 5.41) is 0. The lowest BCUT2D eigenvalue weighted by molar-refractivity contribution is 0.116. The Morgan fingerprint density at radius 2 is 1.88 bits per heavy atom. The Morgan fingerprint density at radius 1 is 1.35 bits per heavy atom. The van der Waals surface area contributed by atoms with E-state index in [9.17, 15) is 13.2 Å². The first-order valence-electron chi connectivity index (χ1n) is 5.15. The number of benzene rings is 1. The SMILES string of the molecule is CCS(=O)(=O)c1ccc(C(C)OC(N)=O)cc1. The molecule has 0 fully saturated rings. The Hall–Kier alpha value is -1.56. The quantitative estimate of drug-likeness (QED) is 0.888. The monoisotopic (exact) mass is 257 g/mol. The predicted molar refractivity (Wildman–Crippen MR) is 63.3 cm³/mol. The predicted octanol–water partition coefficient (Wildman–Crippen LogP) is 1.64. The second-order valence-electron chi connectivity index (χ2n) is 3.55. The molecule has 0 aromatic heterocycles. The Kier molecular flexibility index (Phi) is 4.11. The van der Waals surface area contributed by atoms with E-state index >= 15 is 0 Å². The van der Waals surface area contributed by atoms with Gasteiger partial charge in [-0.1, -0.05) is 19.1 Å². The molecule has 1 aromatic rings. The highest BCUT2D eigenvalue weighted by Gasteiger charge is 2.13. The minimum absolute atomic E-state index is 0.0552. The third-order valence-corrected chi connectivity index (χ3v) is 4.13. The van der Waals surface area contributed by atoms with E-state index < -0.39 is 22.0 Å². The van der Waals surface area contributed by atoms with Gasteiger partial charge >= 0.3 is 6.09 Å². The molecule has 0 radical (unpaired) electrons. The topological polar surface area (TPSA) is 86.5 Å². The molecular formula is C11H15NO4S. The molecule has 1 rings (SSSR count). The number of ether oxygens (including phenoxy) is 1. The van der Waals surface area contributed by atoms with Crippen LogP contribution in [-0.2, 0) is 14.6 Å². The number of primary amides is 1. The smallest absolute Gasteiger partial charge is 0.405 e. The van der Waals surface area contributed by atoms with Crippen molar-refractivity contribution in [1.82, 2.24) is 0 Å². The maximum atomic E-state index is 11.6. The van der Waals surface area contributed by atoms with Crippen molar-refractivity contribution in [3.8, 4) is 0 Å². The highest BCUT2D eigenvalue weighted by Crippen LogP contribution is 2.19. The van der Waals surface area contributed by atoms with Gasteiger partial charge in [0.05, 0.1) is 10.6 Å². The van der Waals surface area contributed by atoms with Crippen molar-refractivity contribution in [3.63, 3.8) is 0 Å². The van der Waals surface area contributed by atoms with Crippen LogP contribution in [0.15, 0.2) is 29.2 Å². The molecule has 0 aliphatic heterocycles. The van der Waals surface area contributed by atoms with Crippen LogP contribution in [0.5, 0.6) is 0 Å². The van der Waals surface area contributed by atoms with Crippen molar-refractivity contribution >= 4 is 15.9 Å². The van der Waals surface area contributed by atoms with Gasteiger partial charge in [-0.3, -0.25) is 0 Å². The normalized spacial score (nSPS) is 13.1. The molecule has 1 amide bonds. The van der Waals surface area contributed by atoms with Gasteiger partial charge in [0.1, 0.15) is 6.10 Å². The molecule has 0 spiro atoms. The number of hydrogen-bond acceptors (Lipinski definition) is 4. The van der Waals surface area contributed by atoms with E-state index in [1.54, 1.807) is 26.0 Å². The molecule has 5 nitrogen and oxygen atoms in total. The fourth-order valence-electron chi connectivity index (χ4n) is 1.36. The Morgan fingerprint density at radius 3 is 2.29 bits per heavy atom. The number of hydrogen-bond donors (Lipinski definition) is 1. The fraction of sp³-hybridized carbons (Fsp3) is 0.364. The van der Waals surface area contributed by atoms with Crippen molar-refractivity contribution < 1.29 is 17.9 Å². The van der Waals surface area contributed by atoms with Crippen LogP contribution >= 0.6 is 0 Å². The number of rotatable bonds is 4. The van der Waals surface area contributed by atoms with Crippen LogP contribution in [0.25, 0.3) is 0 Å². The zero-order chi connectivity index (χ0) is 13.1. The standard InChI is InChI=1S/C11H15NO4S/c1-3-17(14,15)10-6-4-9(5-7-10)8(2)16-11(12)13/h4-8H,3H2,1-2H3,(H2,12,13). The van der Waals surface area contributed by atoms with Crippen LogP contribution < -0.4 is 5.73 Å². The van der Waals surface area contributed by atoms with Crippen molar-refractivity contribution in [1.29, 1.82) is 0 Å². The third kappa shape index (κ3) is 3.45. The van der Waals surface area contributed by atoms with E-state index in [0.29, 0.717) is 5.56 Å². The summed E-state index contributed by atoms with van der Waals surface area (Å²) in [7, 11) is -3.20. The van der Waals surface area contributed by atoms with Gasteiger partial charge in [0.25, 0.3) is 0 Å². The third-order valence-electron chi connectivity index (χ3n) is 2.38. The molecule has 2 N–H and O–H groups in total. The van der Waals surface area contributed by atoms with Crippen molar-refractivity contribution in [3.05, 3.63) is 29.8 Å². The lowest BCUT2D eigenvalue weighted by Gasteiger charge is -2.12. The second-order valence-corrected chi connectivity index (χ2v) is 5.83. The summed E-state index contributed by atoms with van der Waals surface area (Å²) in [6.07, 6.45) is -1.35. The molecule has 0 aliphatic rings. The van der Waals surface area contributed by atoms with Gasteiger partial charge in [0, 0.05) is 0 Å². The molecule has 1 atom stereocenters. The lowest BCUT2D eigenvalue weighted by Crippen LogP contribution is -2.15.